The maximum Gasteiger partial charge on any atom is 0.305 e. The first-order valence-corrected chi connectivity index (χ1v) is 10.0. The zero-order chi connectivity index (χ0) is 14.8. The third kappa shape index (κ3) is 3.24. The van der Waals surface area contributed by atoms with Gasteiger partial charge in [0.2, 0.25) is 5.91 Å². The number of fused-ring (bicyclic) bond motifs is 1. The lowest BCUT2D eigenvalue weighted by Crippen LogP contribution is -2.48. The number of hydrogen-bond donors (Lipinski definition) is 1. The monoisotopic (exact) mass is 343 g/mol. The summed E-state index contributed by atoms with van der Waals surface area (Å²) in [7, 11) is 0. The van der Waals surface area contributed by atoms with E-state index >= 15 is 0 Å². The number of carbonyl (C=O) groups is 2. The SMILES string of the molecule is O=C(O)CC1CSCCN1C(=O)C1SCCc2sccc21. The molecule has 1 fully saturated rings. The van der Waals surface area contributed by atoms with Gasteiger partial charge < -0.3 is 10.0 Å². The Kier molecular flexibility index (Phi) is 4.81. The van der Waals surface area contributed by atoms with Crippen LogP contribution < -0.4 is 0 Å². The van der Waals surface area contributed by atoms with Gasteiger partial charge in [-0.05, 0) is 29.2 Å². The molecule has 4 nitrogen and oxygen atoms in total. The van der Waals surface area contributed by atoms with Crippen molar-refractivity contribution in [3.05, 3.63) is 21.9 Å². The largest absolute Gasteiger partial charge is 0.481 e. The second-order valence-corrected chi connectivity index (χ2v) is 8.52. The molecule has 3 heterocycles. The van der Waals surface area contributed by atoms with Crippen LogP contribution in [0, 0.1) is 0 Å². The Hall–Kier alpha value is -0.660. The van der Waals surface area contributed by atoms with Gasteiger partial charge in [-0.15, -0.1) is 23.1 Å². The minimum Gasteiger partial charge on any atom is -0.481 e. The molecule has 2 aliphatic heterocycles. The molecule has 2 atom stereocenters. The fraction of sp³-hybridized carbons (Fsp3) is 0.571. The first-order valence-electron chi connectivity index (χ1n) is 6.94. The molecule has 7 heteroatoms. The molecule has 0 bridgehead atoms. The van der Waals surface area contributed by atoms with E-state index in [0.29, 0.717) is 6.54 Å². The van der Waals surface area contributed by atoms with Crippen molar-refractivity contribution in [1.82, 2.24) is 4.90 Å². The van der Waals surface area contributed by atoms with E-state index in [0.717, 1.165) is 29.2 Å². The summed E-state index contributed by atoms with van der Waals surface area (Å²) in [5.74, 6) is 1.87. The van der Waals surface area contributed by atoms with E-state index in [1.807, 2.05) is 4.90 Å². The van der Waals surface area contributed by atoms with Crippen LogP contribution >= 0.6 is 34.9 Å². The maximum atomic E-state index is 12.9. The summed E-state index contributed by atoms with van der Waals surface area (Å²) in [6.07, 6.45) is 1.09. The Balaban J connectivity index is 1.79. The number of aliphatic carboxylic acids is 1. The Labute approximate surface area is 136 Å². The van der Waals surface area contributed by atoms with E-state index in [1.165, 1.54) is 4.88 Å². The molecule has 1 aromatic rings. The third-order valence-corrected chi connectivity index (χ3v) is 7.14. The number of thioether (sulfide) groups is 2. The highest BCUT2D eigenvalue weighted by molar-refractivity contribution is 8.00. The molecule has 1 saturated heterocycles. The van der Waals surface area contributed by atoms with E-state index < -0.39 is 5.97 Å². The number of nitrogens with zero attached hydrogens (tertiary/aromatic N) is 1. The highest BCUT2D eigenvalue weighted by Gasteiger charge is 2.36. The summed E-state index contributed by atoms with van der Waals surface area (Å²) in [4.78, 5) is 27.1. The number of carbonyl (C=O) groups excluding carboxylic acids is 1. The third-order valence-electron chi connectivity index (χ3n) is 3.82. The van der Waals surface area contributed by atoms with Crippen LogP contribution in [0.2, 0.25) is 0 Å². The van der Waals surface area contributed by atoms with Crippen LogP contribution in [0.4, 0.5) is 0 Å². The quantitative estimate of drug-likeness (QED) is 0.914. The molecule has 0 aliphatic carbocycles. The fourth-order valence-electron chi connectivity index (χ4n) is 2.82. The molecule has 0 aromatic carbocycles. The van der Waals surface area contributed by atoms with Crippen molar-refractivity contribution in [3.8, 4) is 0 Å². The van der Waals surface area contributed by atoms with Crippen molar-refractivity contribution in [3.63, 3.8) is 0 Å². The molecule has 1 amide bonds. The van der Waals surface area contributed by atoms with E-state index in [2.05, 4.69) is 11.4 Å². The number of hydrogen-bond acceptors (Lipinski definition) is 5. The van der Waals surface area contributed by atoms with Crippen LogP contribution in [-0.4, -0.2) is 51.7 Å². The summed E-state index contributed by atoms with van der Waals surface area (Å²) >= 11 is 5.15. The minimum atomic E-state index is -0.826. The Morgan fingerprint density at radius 3 is 3.05 bits per heavy atom. The summed E-state index contributed by atoms with van der Waals surface area (Å²) in [6.45, 7) is 0.665. The molecule has 2 unspecified atom stereocenters. The number of aryl methyl sites for hydroxylation is 1. The number of rotatable bonds is 3. The van der Waals surface area contributed by atoms with E-state index in [9.17, 15) is 9.59 Å². The number of thiophene rings is 1. The molecule has 0 saturated carbocycles. The van der Waals surface area contributed by atoms with Crippen LogP contribution in [0.25, 0.3) is 0 Å². The Morgan fingerprint density at radius 1 is 1.38 bits per heavy atom. The van der Waals surface area contributed by atoms with Crippen LogP contribution in [0.15, 0.2) is 11.4 Å². The molecule has 1 N–H and O–H groups in total. The summed E-state index contributed by atoms with van der Waals surface area (Å²) in [5.41, 5.74) is 1.15. The topological polar surface area (TPSA) is 57.6 Å². The second kappa shape index (κ2) is 6.62. The molecule has 3 rings (SSSR count). The van der Waals surface area contributed by atoms with Gasteiger partial charge >= 0.3 is 5.97 Å². The molecule has 1 aromatic heterocycles. The van der Waals surface area contributed by atoms with Gasteiger partial charge in [0.25, 0.3) is 0 Å². The first kappa shape index (κ1) is 15.2. The zero-order valence-corrected chi connectivity index (χ0v) is 13.9. The Bertz CT molecular complexity index is 545. The molecule has 21 heavy (non-hydrogen) atoms. The summed E-state index contributed by atoms with van der Waals surface area (Å²) < 4.78 is 0. The van der Waals surface area contributed by atoms with Crippen molar-refractivity contribution < 1.29 is 14.7 Å². The lowest BCUT2D eigenvalue weighted by molar-refractivity contribution is -0.140. The number of amides is 1. The van der Waals surface area contributed by atoms with Gasteiger partial charge in [-0.2, -0.15) is 11.8 Å². The van der Waals surface area contributed by atoms with Gasteiger partial charge in [-0.1, -0.05) is 0 Å². The predicted octanol–water partition coefficient (Wildman–Crippen LogP) is 2.50. The van der Waals surface area contributed by atoms with Crippen molar-refractivity contribution in [1.29, 1.82) is 0 Å². The number of carboxylic acids is 1. The second-order valence-electron chi connectivity index (χ2n) is 5.16. The lowest BCUT2D eigenvalue weighted by atomic mass is 10.1. The molecular weight excluding hydrogens is 326 g/mol. The zero-order valence-electron chi connectivity index (χ0n) is 11.5. The van der Waals surface area contributed by atoms with Gasteiger partial charge in [-0.25, -0.2) is 0 Å². The molecular formula is C14H17NO3S3. The van der Waals surface area contributed by atoms with E-state index in [-0.39, 0.29) is 23.6 Å². The average Bonchev–Trinajstić information content (AvgIpc) is 2.95. The lowest BCUT2D eigenvalue weighted by Gasteiger charge is -2.37. The highest BCUT2D eigenvalue weighted by Crippen LogP contribution is 2.41. The molecule has 114 valence electrons. The number of carboxylic acid groups (broad SMARTS) is 1. The Morgan fingerprint density at radius 2 is 2.24 bits per heavy atom. The fourth-order valence-corrected chi connectivity index (χ4v) is 6.24. The van der Waals surface area contributed by atoms with Gasteiger partial charge in [0.05, 0.1) is 12.5 Å². The van der Waals surface area contributed by atoms with Crippen LogP contribution in [0.5, 0.6) is 0 Å². The van der Waals surface area contributed by atoms with Gasteiger partial charge in [0, 0.05) is 22.9 Å². The van der Waals surface area contributed by atoms with E-state index in [1.54, 1.807) is 34.9 Å². The molecule has 0 radical (unpaired) electrons. The van der Waals surface area contributed by atoms with Crippen LogP contribution in [0.1, 0.15) is 22.1 Å². The van der Waals surface area contributed by atoms with Crippen molar-refractivity contribution in [2.75, 3.05) is 23.8 Å². The average molecular weight is 343 g/mol. The van der Waals surface area contributed by atoms with Gasteiger partial charge in [-0.3, -0.25) is 9.59 Å². The normalized spacial score (nSPS) is 25.4. The van der Waals surface area contributed by atoms with Crippen molar-refractivity contribution in [2.24, 2.45) is 0 Å². The van der Waals surface area contributed by atoms with E-state index in [4.69, 9.17) is 5.11 Å². The van der Waals surface area contributed by atoms with Crippen LogP contribution in [-0.2, 0) is 16.0 Å². The van der Waals surface area contributed by atoms with Crippen molar-refractivity contribution >= 4 is 46.7 Å². The predicted molar refractivity (Wildman–Crippen MR) is 88.3 cm³/mol. The minimum absolute atomic E-state index is 0.0482. The first-order chi connectivity index (χ1) is 10.2. The van der Waals surface area contributed by atoms with Crippen molar-refractivity contribution in [2.45, 2.75) is 24.1 Å². The standard InChI is InChI=1S/C14H17NO3S3/c16-12(17)7-9-8-19-6-3-15(9)14(18)13-10-1-4-20-11(10)2-5-21-13/h1,4,9,13H,2-3,5-8H2,(H,16,17). The van der Waals surface area contributed by atoms with Gasteiger partial charge in [0.1, 0.15) is 5.25 Å². The maximum absolute atomic E-state index is 12.9. The van der Waals surface area contributed by atoms with Gasteiger partial charge in [0.15, 0.2) is 0 Å². The van der Waals surface area contributed by atoms with Crippen LogP contribution in [0.3, 0.4) is 0 Å². The summed E-state index contributed by atoms with van der Waals surface area (Å²) in [5, 5.41) is 11.0. The highest BCUT2D eigenvalue weighted by atomic mass is 32.2. The molecule has 0 spiro atoms. The smallest absolute Gasteiger partial charge is 0.305 e. The molecule has 2 aliphatic rings. The summed E-state index contributed by atoms with van der Waals surface area (Å²) in [6, 6.07) is 1.89.